The molecule has 1 aromatic carbocycles. The molecule has 0 spiro atoms. The van der Waals surface area contributed by atoms with E-state index in [1.807, 2.05) is 31.0 Å². The molecule has 0 aromatic heterocycles. The zero-order valence-corrected chi connectivity index (χ0v) is 39.1. The van der Waals surface area contributed by atoms with Gasteiger partial charge in [-0.05, 0) is 82.9 Å². The van der Waals surface area contributed by atoms with Gasteiger partial charge in [-0.1, -0.05) is 80.0 Å². The molecule has 3 N–H and O–H groups in total. The van der Waals surface area contributed by atoms with Crippen LogP contribution in [-0.4, -0.2) is 130 Å². The zero-order chi connectivity index (χ0) is 45.1. The van der Waals surface area contributed by atoms with Gasteiger partial charge < -0.3 is 40.0 Å². The number of likely N-dealkylation sites (N-methyl/N-ethyl adjacent to an activating group) is 1. The first kappa shape index (κ1) is 56.5. The number of hydrogen-bond donors (Lipinski definition) is 2. The number of nitrogens with one attached hydrogen (secondary N) is 1. The molecule has 4 amide bonds. The Hall–Kier alpha value is -3.55. The van der Waals surface area contributed by atoms with Crippen molar-refractivity contribution in [3.05, 3.63) is 35.4 Å². The number of carbonyl (C=O) groups excluding carboxylic acids is 5. The Morgan fingerprint density at radius 2 is 1.52 bits per heavy atom. The highest BCUT2D eigenvalue weighted by molar-refractivity contribution is 5.91. The number of nitrogens with zero attached hydrogens (tertiary/aromatic N) is 3. The van der Waals surface area contributed by atoms with Crippen LogP contribution in [0, 0.1) is 23.7 Å². The van der Waals surface area contributed by atoms with Gasteiger partial charge in [-0.15, -0.1) is 0 Å². The summed E-state index contributed by atoms with van der Waals surface area (Å²) in [5, 5.41) is 2.91. The third kappa shape index (κ3) is 19.9. The van der Waals surface area contributed by atoms with Crippen molar-refractivity contribution in [3.63, 3.8) is 0 Å². The average molecular weight is 822 g/mol. The molecular weight excluding hydrogens is 739 g/mol. The van der Waals surface area contributed by atoms with Crippen molar-refractivity contribution in [1.29, 1.82) is 0 Å². The van der Waals surface area contributed by atoms with Crippen LogP contribution in [0.4, 0.5) is 0 Å². The first-order valence-electron chi connectivity index (χ1n) is 21.1. The second-order valence-electron chi connectivity index (χ2n) is 16.3. The number of likely N-dealkylation sites (tertiary alicyclic amines) is 1. The van der Waals surface area contributed by atoms with Crippen LogP contribution in [0.15, 0.2) is 24.3 Å². The highest BCUT2D eigenvalue weighted by atomic mass is 16.5. The Kier molecular flexibility index (Phi) is 30.6. The van der Waals surface area contributed by atoms with Gasteiger partial charge in [0.1, 0.15) is 0 Å². The summed E-state index contributed by atoms with van der Waals surface area (Å²) in [6.07, 6.45) is 5.74. The molecule has 1 fully saturated rings. The van der Waals surface area contributed by atoms with E-state index < -0.39 is 5.92 Å². The van der Waals surface area contributed by atoms with Gasteiger partial charge in [0.05, 0.1) is 42.9 Å². The number of amides is 4. The van der Waals surface area contributed by atoms with E-state index in [1.54, 1.807) is 31.3 Å². The molecule has 0 aliphatic carbocycles. The molecule has 2 rings (SSSR count). The van der Waals surface area contributed by atoms with Crippen LogP contribution in [-0.2, 0) is 39.8 Å². The maximum absolute atomic E-state index is 12.6. The number of nitrogens with two attached hydrogens (primary N) is 1. The molecular formula is C45H83N5O8. The third-order valence-electron chi connectivity index (χ3n) is 11.3. The predicted octanol–water partition coefficient (Wildman–Crippen LogP) is 6.21. The number of ether oxygens (including phenoxy) is 3. The van der Waals surface area contributed by atoms with Crippen molar-refractivity contribution in [2.24, 2.45) is 29.4 Å². The molecule has 0 saturated carbocycles. The van der Waals surface area contributed by atoms with E-state index in [9.17, 15) is 19.2 Å². The minimum Gasteiger partial charge on any atom is -0.465 e. The quantitative estimate of drug-likeness (QED) is 0.115. The van der Waals surface area contributed by atoms with Crippen LogP contribution in [0.2, 0.25) is 0 Å². The predicted molar refractivity (Wildman–Crippen MR) is 234 cm³/mol. The van der Waals surface area contributed by atoms with Crippen LogP contribution in [0.25, 0.3) is 0 Å². The number of rotatable bonds is 20. The molecule has 0 radical (unpaired) electrons. The van der Waals surface area contributed by atoms with E-state index in [0.29, 0.717) is 55.4 Å². The lowest BCUT2D eigenvalue weighted by Gasteiger charge is -2.37. The lowest BCUT2D eigenvalue weighted by molar-refractivity contribution is -0.137. The first-order valence-corrected chi connectivity index (χ1v) is 21.1. The summed E-state index contributed by atoms with van der Waals surface area (Å²) in [5.74, 6) is 0.931. The minimum atomic E-state index is -0.392. The smallest absolute Gasteiger partial charge is 0.338 e. The number of carbonyl (C=O) groups is 5. The molecule has 1 aliphatic rings. The lowest BCUT2D eigenvalue weighted by atomic mass is 9.91. The molecule has 336 valence electrons. The lowest BCUT2D eigenvalue weighted by Crippen LogP contribution is -2.49. The van der Waals surface area contributed by atoms with Crippen molar-refractivity contribution in [1.82, 2.24) is 20.0 Å². The molecule has 1 saturated heterocycles. The molecule has 1 aliphatic heterocycles. The SMILES string of the molecule is CC(C)C(C)N(C)C(C)C.CCC(C)C(C(CC)OC)N(C)C(=O)CC(C)C.COC(=O)c1ccccc1CCNC(=O)C(C)C(OC)C1CCCN1C=O.NC=O. The summed E-state index contributed by atoms with van der Waals surface area (Å²) in [7, 11) is 8.77. The summed E-state index contributed by atoms with van der Waals surface area (Å²) in [6, 6.07) is 8.64. The molecule has 13 heteroatoms. The van der Waals surface area contributed by atoms with Crippen molar-refractivity contribution in [2.75, 3.05) is 48.5 Å². The second-order valence-corrected chi connectivity index (χ2v) is 16.3. The molecule has 7 atom stereocenters. The molecule has 0 bridgehead atoms. The summed E-state index contributed by atoms with van der Waals surface area (Å²) < 4.78 is 15.9. The fourth-order valence-electron chi connectivity index (χ4n) is 7.06. The molecule has 7 unspecified atom stereocenters. The summed E-state index contributed by atoms with van der Waals surface area (Å²) in [4.78, 5) is 62.4. The summed E-state index contributed by atoms with van der Waals surface area (Å²) in [6.45, 7) is 24.8. The monoisotopic (exact) mass is 822 g/mol. The van der Waals surface area contributed by atoms with Gasteiger partial charge in [0.2, 0.25) is 24.6 Å². The van der Waals surface area contributed by atoms with Gasteiger partial charge in [-0.2, -0.15) is 0 Å². The Morgan fingerprint density at radius 1 is 0.931 bits per heavy atom. The van der Waals surface area contributed by atoms with E-state index in [-0.39, 0.29) is 48.5 Å². The number of methoxy groups -OCH3 is 3. The maximum Gasteiger partial charge on any atom is 0.338 e. The number of hydrogen-bond acceptors (Lipinski definition) is 9. The van der Waals surface area contributed by atoms with Crippen molar-refractivity contribution in [3.8, 4) is 0 Å². The molecule has 1 heterocycles. The molecule has 58 heavy (non-hydrogen) atoms. The van der Waals surface area contributed by atoms with Gasteiger partial charge in [-0.25, -0.2) is 4.79 Å². The number of primary amides is 1. The Bertz CT molecular complexity index is 1280. The first-order chi connectivity index (χ1) is 27.3. The normalized spacial score (nSPS) is 16.6. The molecule has 13 nitrogen and oxygen atoms in total. The third-order valence-corrected chi connectivity index (χ3v) is 11.3. The summed E-state index contributed by atoms with van der Waals surface area (Å²) >= 11 is 0. The Morgan fingerprint density at radius 3 is 1.95 bits per heavy atom. The van der Waals surface area contributed by atoms with E-state index in [0.717, 1.165) is 43.6 Å². The summed E-state index contributed by atoms with van der Waals surface area (Å²) in [5.41, 5.74) is 5.49. The van der Waals surface area contributed by atoms with Crippen molar-refractivity contribution in [2.45, 2.75) is 151 Å². The van der Waals surface area contributed by atoms with Crippen molar-refractivity contribution < 1.29 is 38.2 Å². The zero-order valence-electron chi connectivity index (χ0n) is 39.1. The number of benzene rings is 1. The van der Waals surface area contributed by atoms with Crippen molar-refractivity contribution >= 4 is 30.6 Å². The standard InChI is InChI=1S/C20H28N2O5.C15H31NO2.C9H21N.CH3NO/c1-14(18(26-2)17-9-6-12-22(17)13-23)19(24)21-11-10-15-7-4-5-8-16(15)20(25)27-3;1-8-12(5)15(13(9-2)18-7)16(6)14(17)10-11(3)4;1-7(2)9(5)10(6)8(3)4;2-1-3/h4-5,7-8,13-14,17-18H,6,9-12H2,1-3H3,(H,21,24);11-13,15H,8-10H2,1-7H3;7-9H,1-6H3;1H,(H2,2,3). The number of esters is 1. The van der Waals surface area contributed by atoms with E-state index >= 15 is 0 Å². The van der Waals surface area contributed by atoms with Gasteiger partial charge in [0.15, 0.2) is 0 Å². The van der Waals surface area contributed by atoms with Crippen LogP contribution in [0.3, 0.4) is 0 Å². The van der Waals surface area contributed by atoms with Crippen LogP contribution >= 0.6 is 0 Å². The highest BCUT2D eigenvalue weighted by Crippen LogP contribution is 2.25. The van der Waals surface area contributed by atoms with Crippen LogP contribution in [0.5, 0.6) is 0 Å². The van der Waals surface area contributed by atoms with Gasteiger partial charge in [0.25, 0.3) is 0 Å². The van der Waals surface area contributed by atoms with Gasteiger partial charge in [0, 0.05) is 52.9 Å². The van der Waals surface area contributed by atoms with Gasteiger partial charge >= 0.3 is 5.97 Å². The van der Waals surface area contributed by atoms with Crippen LogP contribution in [0.1, 0.15) is 124 Å². The minimum absolute atomic E-state index is 0.0756. The average Bonchev–Trinajstić information content (AvgIpc) is 3.67. The Labute approximate surface area is 352 Å². The molecule has 1 aromatic rings. The van der Waals surface area contributed by atoms with Gasteiger partial charge in [-0.3, -0.25) is 19.2 Å². The maximum atomic E-state index is 12.6. The largest absolute Gasteiger partial charge is 0.465 e. The fourth-order valence-corrected chi connectivity index (χ4v) is 7.06. The van der Waals surface area contributed by atoms with Crippen LogP contribution < -0.4 is 11.1 Å². The van der Waals surface area contributed by atoms with E-state index in [4.69, 9.17) is 19.0 Å². The topological polar surface area (TPSA) is 161 Å². The highest BCUT2D eigenvalue weighted by Gasteiger charge is 2.37. The van der Waals surface area contributed by atoms with E-state index in [2.05, 4.69) is 92.2 Å². The fraction of sp³-hybridized carbons (Fsp3) is 0.756. The Balaban J connectivity index is 0. The van der Waals surface area contributed by atoms with E-state index in [1.165, 1.54) is 7.11 Å². The second kappa shape index (κ2) is 31.4.